The van der Waals surface area contributed by atoms with Crippen LogP contribution in [0, 0.1) is 6.92 Å². The number of rotatable bonds is 5. The van der Waals surface area contributed by atoms with Crippen LogP contribution >= 0.6 is 15.9 Å². The summed E-state index contributed by atoms with van der Waals surface area (Å²) in [6, 6.07) is 8.38. The smallest absolute Gasteiger partial charge is 0.272 e. The lowest BCUT2D eigenvalue weighted by Gasteiger charge is -2.26. The molecule has 0 radical (unpaired) electrons. The van der Waals surface area contributed by atoms with E-state index in [1.165, 1.54) is 11.1 Å². The van der Waals surface area contributed by atoms with Crippen molar-refractivity contribution < 1.29 is 4.79 Å². The van der Waals surface area contributed by atoms with Gasteiger partial charge in [0.05, 0.1) is 10.2 Å². The summed E-state index contributed by atoms with van der Waals surface area (Å²) < 4.78 is 0.748. The number of nitrogens with zero attached hydrogens (tertiary/aromatic N) is 1. The van der Waals surface area contributed by atoms with Gasteiger partial charge in [0.25, 0.3) is 5.91 Å². The number of amides is 1. The summed E-state index contributed by atoms with van der Waals surface area (Å²) in [5, 5.41) is 10.1. The number of hydrogen-bond acceptors (Lipinski definition) is 2. The van der Waals surface area contributed by atoms with Gasteiger partial charge >= 0.3 is 0 Å². The van der Waals surface area contributed by atoms with Crippen molar-refractivity contribution in [3.8, 4) is 0 Å². The standard InChI is InChI=1S/C18H24BrN3O/c1-11(2)15-14(19)16(22-21-15)17(23)20-10-18(4,5)13-8-6-7-12(3)9-13/h6-9,11H,10H2,1-5H3,(H,20,23)(H,21,22). The molecule has 0 fully saturated rings. The molecule has 1 aromatic carbocycles. The molecule has 0 unspecified atom stereocenters. The number of carbonyl (C=O) groups excluding carboxylic acids is 1. The molecular formula is C18H24BrN3O. The molecule has 1 aromatic heterocycles. The van der Waals surface area contributed by atoms with E-state index in [0.717, 1.165) is 10.2 Å². The number of H-pyrrole nitrogens is 1. The average Bonchev–Trinajstić information content (AvgIpc) is 2.87. The molecule has 0 spiro atoms. The Balaban J connectivity index is 2.09. The van der Waals surface area contributed by atoms with Crippen molar-refractivity contribution in [2.75, 3.05) is 6.54 Å². The molecular weight excluding hydrogens is 354 g/mol. The molecule has 0 saturated carbocycles. The van der Waals surface area contributed by atoms with E-state index in [2.05, 4.69) is 84.3 Å². The summed E-state index contributed by atoms with van der Waals surface area (Å²) in [5.74, 6) is 0.114. The Hall–Kier alpha value is -1.62. The number of hydrogen-bond donors (Lipinski definition) is 2. The molecule has 23 heavy (non-hydrogen) atoms. The van der Waals surface area contributed by atoms with Crippen LogP contribution in [0.5, 0.6) is 0 Å². The molecule has 0 aliphatic rings. The minimum Gasteiger partial charge on any atom is -0.350 e. The summed E-state index contributed by atoms with van der Waals surface area (Å²) in [5.41, 5.74) is 3.63. The Bertz CT molecular complexity index is 704. The molecule has 124 valence electrons. The highest BCUT2D eigenvalue weighted by atomic mass is 79.9. The van der Waals surface area contributed by atoms with Crippen molar-refractivity contribution in [2.45, 2.75) is 46.0 Å². The number of aromatic nitrogens is 2. The summed E-state index contributed by atoms with van der Waals surface area (Å²) in [4.78, 5) is 12.4. The number of carbonyl (C=O) groups is 1. The minimum absolute atomic E-state index is 0.147. The van der Waals surface area contributed by atoms with Gasteiger partial charge in [-0.05, 0) is 34.3 Å². The summed E-state index contributed by atoms with van der Waals surface area (Å²) in [6.07, 6.45) is 0. The Morgan fingerprint density at radius 3 is 2.65 bits per heavy atom. The Morgan fingerprint density at radius 1 is 1.39 bits per heavy atom. The maximum atomic E-state index is 12.4. The lowest BCUT2D eigenvalue weighted by atomic mass is 9.84. The third-order valence-corrected chi connectivity index (χ3v) is 4.82. The fraction of sp³-hybridized carbons (Fsp3) is 0.444. The van der Waals surface area contributed by atoms with Crippen molar-refractivity contribution in [3.05, 3.63) is 51.3 Å². The van der Waals surface area contributed by atoms with Gasteiger partial charge in [-0.15, -0.1) is 0 Å². The number of aryl methyl sites for hydroxylation is 1. The second kappa shape index (κ2) is 6.87. The lowest BCUT2D eigenvalue weighted by molar-refractivity contribution is 0.0940. The first kappa shape index (κ1) is 17.7. The minimum atomic E-state index is -0.166. The third-order valence-electron chi connectivity index (χ3n) is 4.02. The third kappa shape index (κ3) is 4.02. The zero-order valence-electron chi connectivity index (χ0n) is 14.3. The van der Waals surface area contributed by atoms with Crippen LogP contribution in [0.3, 0.4) is 0 Å². The van der Waals surface area contributed by atoms with Gasteiger partial charge in [0.2, 0.25) is 0 Å². The molecule has 1 amide bonds. The van der Waals surface area contributed by atoms with Gasteiger partial charge in [-0.1, -0.05) is 57.5 Å². The molecule has 0 atom stereocenters. The fourth-order valence-corrected chi connectivity index (χ4v) is 3.24. The molecule has 0 aliphatic heterocycles. The van der Waals surface area contributed by atoms with Crippen LogP contribution in [-0.4, -0.2) is 22.6 Å². The number of aromatic amines is 1. The maximum Gasteiger partial charge on any atom is 0.272 e. The van der Waals surface area contributed by atoms with Crippen LogP contribution in [0.15, 0.2) is 28.7 Å². The second-order valence-electron chi connectivity index (χ2n) is 6.89. The van der Waals surface area contributed by atoms with Crippen molar-refractivity contribution >= 4 is 21.8 Å². The van der Waals surface area contributed by atoms with Crippen molar-refractivity contribution in [2.24, 2.45) is 0 Å². The predicted octanol–water partition coefficient (Wildman–Crippen LogP) is 4.31. The van der Waals surface area contributed by atoms with Crippen molar-refractivity contribution in [1.82, 2.24) is 15.5 Å². The van der Waals surface area contributed by atoms with Gasteiger partial charge in [-0.3, -0.25) is 9.89 Å². The van der Waals surface area contributed by atoms with Gasteiger partial charge in [0.15, 0.2) is 5.69 Å². The first-order chi connectivity index (χ1) is 10.7. The fourth-order valence-electron chi connectivity index (χ4n) is 2.43. The Morgan fingerprint density at radius 2 is 2.09 bits per heavy atom. The molecule has 0 saturated heterocycles. The van der Waals surface area contributed by atoms with Gasteiger partial charge < -0.3 is 5.32 Å². The average molecular weight is 378 g/mol. The van der Waals surface area contributed by atoms with E-state index in [4.69, 9.17) is 0 Å². The monoisotopic (exact) mass is 377 g/mol. The highest BCUT2D eigenvalue weighted by molar-refractivity contribution is 9.10. The molecule has 0 aliphatic carbocycles. The molecule has 0 bridgehead atoms. The number of halogens is 1. The zero-order valence-corrected chi connectivity index (χ0v) is 15.9. The van der Waals surface area contributed by atoms with Gasteiger partial charge in [-0.2, -0.15) is 5.10 Å². The van der Waals surface area contributed by atoms with E-state index in [9.17, 15) is 4.79 Å². The van der Waals surface area contributed by atoms with Crippen LogP contribution in [0.1, 0.15) is 60.9 Å². The summed E-state index contributed by atoms with van der Waals surface area (Å²) in [6.45, 7) is 11.0. The van der Waals surface area contributed by atoms with E-state index in [1.54, 1.807) is 0 Å². The maximum absolute atomic E-state index is 12.4. The van der Waals surface area contributed by atoms with Crippen molar-refractivity contribution in [1.29, 1.82) is 0 Å². The zero-order chi connectivity index (χ0) is 17.2. The van der Waals surface area contributed by atoms with E-state index in [1.807, 2.05) is 6.07 Å². The van der Waals surface area contributed by atoms with Gasteiger partial charge in [0, 0.05) is 12.0 Å². The van der Waals surface area contributed by atoms with Crippen LogP contribution in [0.25, 0.3) is 0 Å². The first-order valence-corrected chi connectivity index (χ1v) is 8.61. The Labute approximate surface area is 146 Å². The number of nitrogens with one attached hydrogen (secondary N) is 2. The quantitative estimate of drug-likeness (QED) is 0.815. The second-order valence-corrected chi connectivity index (χ2v) is 7.68. The summed E-state index contributed by atoms with van der Waals surface area (Å²) >= 11 is 3.47. The van der Waals surface area contributed by atoms with Gasteiger partial charge in [0.1, 0.15) is 0 Å². The van der Waals surface area contributed by atoms with Crippen LogP contribution in [0.4, 0.5) is 0 Å². The molecule has 5 heteroatoms. The Kier molecular flexibility index (Phi) is 5.30. The topological polar surface area (TPSA) is 57.8 Å². The number of benzene rings is 1. The SMILES string of the molecule is Cc1cccc(C(C)(C)CNC(=O)c2n[nH]c(C(C)C)c2Br)c1. The molecule has 2 aromatic rings. The predicted molar refractivity (Wildman–Crippen MR) is 96.9 cm³/mol. The molecule has 4 nitrogen and oxygen atoms in total. The lowest BCUT2D eigenvalue weighted by Crippen LogP contribution is -2.37. The van der Waals surface area contributed by atoms with Gasteiger partial charge in [-0.25, -0.2) is 0 Å². The molecule has 2 rings (SSSR count). The first-order valence-electron chi connectivity index (χ1n) is 7.81. The summed E-state index contributed by atoms with van der Waals surface area (Å²) in [7, 11) is 0. The van der Waals surface area contributed by atoms with Crippen LogP contribution in [-0.2, 0) is 5.41 Å². The molecule has 1 heterocycles. The van der Waals surface area contributed by atoms with E-state index in [-0.39, 0.29) is 17.2 Å². The highest BCUT2D eigenvalue weighted by Gasteiger charge is 2.24. The van der Waals surface area contributed by atoms with E-state index < -0.39 is 0 Å². The largest absolute Gasteiger partial charge is 0.350 e. The normalized spacial score (nSPS) is 11.8. The molecule has 2 N–H and O–H groups in total. The van der Waals surface area contributed by atoms with E-state index in [0.29, 0.717) is 12.2 Å². The highest BCUT2D eigenvalue weighted by Crippen LogP contribution is 2.26. The van der Waals surface area contributed by atoms with E-state index >= 15 is 0 Å². The van der Waals surface area contributed by atoms with Crippen LogP contribution in [0.2, 0.25) is 0 Å². The van der Waals surface area contributed by atoms with Crippen LogP contribution < -0.4 is 5.32 Å². The van der Waals surface area contributed by atoms with Crippen molar-refractivity contribution in [3.63, 3.8) is 0 Å².